The number of hydrogen-bond donors (Lipinski definition) is 1. The third-order valence-corrected chi connectivity index (χ3v) is 5.96. The number of piperidine rings is 1. The zero-order chi connectivity index (χ0) is 15.5. The lowest BCUT2D eigenvalue weighted by molar-refractivity contribution is -0.140. The number of piperazine rings is 1. The van der Waals surface area contributed by atoms with Crippen molar-refractivity contribution in [1.82, 2.24) is 15.1 Å². The van der Waals surface area contributed by atoms with E-state index in [1.807, 2.05) is 0 Å². The quantitative estimate of drug-likeness (QED) is 0.929. The van der Waals surface area contributed by atoms with Crippen molar-refractivity contribution in [2.24, 2.45) is 0 Å². The molecule has 4 nitrogen and oxygen atoms in total. The van der Waals surface area contributed by atoms with E-state index in [-0.39, 0.29) is 6.04 Å². The van der Waals surface area contributed by atoms with Crippen LogP contribution in [-0.2, 0) is 4.79 Å². The Morgan fingerprint density at radius 3 is 2.55 bits per heavy atom. The van der Waals surface area contributed by atoms with Crippen molar-refractivity contribution in [2.75, 3.05) is 26.2 Å². The minimum Gasteiger partial charge on any atom is -0.338 e. The lowest BCUT2D eigenvalue weighted by Crippen LogP contribution is -2.54. The van der Waals surface area contributed by atoms with Crippen LogP contribution in [0.15, 0.2) is 17.5 Å². The molecule has 0 aromatic carbocycles. The highest BCUT2D eigenvalue weighted by Gasteiger charge is 2.38. The molecule has 3 rings (SSSR count). The summed E-state index contributed by atoms with van der Waals surface area (Å²) in [5.74, 6) is 0.296. The van der Waals surface area contributed by atoms with E-state index in [1.54, 1.807) is 11.3 Å². The van der Waals surface area contributed by atoms with E-state index in [0.717, 1.165) is 26.2 Å². The first kappa shape index (κ1) is 16.0. The zero-order valence-electron chi connectivity index (χ0n) is 13.6. The molecule has 0 radical (unpaired) electrons. The molecule has 22 heavy (non-hydrogen) atoms. The highest BCUT2D eigenvalue weighted by atomic mass is 32.1. The molecule has 0 bridgehead atoms. The Morgan fingerprint density at radius 2 is 1.95 bits per heavy atom. The summed E-state index contributed by atoms with van der Waals surface area (Å²) in [4.78, 5) is 19.0. The normalized spacial score (nSPS) is 28.5. The number of nitrogens with one attached hydrogen (secondary N) is 1. The van der Waals surface area contributed by atoms with Crippen LogP contribution in [0.3, 0.4) is 0 Å². The first-order valence-corrected chi connectivity index (χ1v) is 9.37. The van der Waals surface area contributed by atoms with Gasteiger partial charge in [-0.05, 0) is 38.1 Å². The second kappa shape index (κ2) is 7.11. The summed E-state index contributed by atoms with van der Waals surface area (Å²) in [5, 5.41) is 5.43. The van der Waals surface area contributed by atoms with Crippen molar-refractivity contribution in [1.29, 1.82) is 0 Å². The average Bonchev–Trinajstić information content (AvgIpc) is 3.05. The van der Waals surface area contributed by atoms with Crippen LogP contribution < -0.4 is 5.32 Å². The topological polar surface area (TPSA) is 35.6 Å². The standard InChI is InChI=1S/C17H27N3OS/c1-13-5-3-6-14(2)20(13)16(15-7-4-12-22-15)17(21)19-10-8-18-9-11-19/h4,7,12-14,16,18H,3,5-6,8-11H2,1-2H3. The number of nitrogens with zero attached hydrogens (tertiary/aromatic N) is 2. The number of thiophene rings is 1. The molecule has 1 aromatic heterocycles. The van der Waals surface area contributed by atoms with Crippen molar-refractivity contribution in [3.05, 3.63) is 22.4 Å². The van der Waals surface area contributed by atoms with E-state index in [4.69, 9.17) is 0 Å². The summed E-state index contributed by atoms with van der Waals surface area (Å²) in [6.07, 6.45) is 3.67. The molecular weight excluding hydrogens is 294 g/mol. The van der Waals surface area contributed by atoms with E-state index in [2.05, 4.69) is 46.5 Å². The molecule has 1 N–H and O–H groups in total. The molecule has 2 aliphatic heterocycles. The van der Waals surface area contributed by atoms with Gasteiger partial charge < -0.3 is 10.2 Å². The molecular formula is C17H27N3OS. The van der Waals surface area contributed by atoms with Gasteiger partial charge >= 0.3 is 0 Å². The summed E-state index contributed by atoms with van der Waals surface area (Å²) in [7, 11) is 0. The minimum absolute atomic E-state index is 0.0941. The summed E-state index contributed by atoms with van der Waals surface area (Å²) >= 11 is 1.72. The van der Waals surface area contributed by atoms with Crippen molar-refractivity contribution >= 4 is 17.2 Å². The van der Waals surface area contributed by atoms with E-state index in [0.29, 0.717) is 18.0 Å². The fourth-order valence-electron chi connectivity index (χ4n) is 3.85. The fraction of sp³-hybridized carbons (Fsp3) is 0.706. The van der Waals surface area contributed by atoms with E-state index in [1.165, 1.54) is 24.1 Å². The maximum Gasteiger partial charge on any atom is 0.245 e. The molecule has 5 heteroatoms. The molecule has 2 saturated heterocycles. The molecule has 0 spiro atoms. The first-order chi connectivity index (χ1) is 10.7. The molecule has 1 amide bonds. The predicted octanol–water partition coefficient (Wildman–Crippen LogP) is 2.48. The number of carbonyl (C=O) groups excluding carboxylic acids is 1. The number of likely N-dealkylation sites (tertiary alicyclic amines) is 1. The van der Waals surface area contributed by atoms with Gasteiger partial charge in [0.05, 0.1) is 0 Å². The maximum absolute atomic E-state index is 13.3. The average molecular weight is 321 g/mol. The highest BCUT2D eigenvalue weighted by molar-refractivity contribution is 7.10. The second-order valence-electron chi connectivity index (χ2n) is 6.57. The van der Waals surface area contributed by atoms with Gasteiger partial charge in [-0.3, -0.25) is 9.69 Å². The largest absolute Gasteiger partial charge is 0.338 e. The smallest absolute Gasteiger partial charge is 0.245 e. The van der Waals surface area contributed by atoms with E-state index < -0.39 is 0 Å². The van der Waals surface area contributed by atoms with E-state index >= 15 is 0 Å². The summed E-state index contributed by atoms with van der Waals surface area (Å²) < 4.78 is 0. The Balaban J connectivity index is 1.88. The van der Waals surface area contributed by atoms with Gasteiger partial charge in [-0.25, -0.2) is 0 Å². The van der Waals surface area contributed by atoms with Gasteiger partial charge in [0.2, 0.25) is 5.91 Å². The van der Waals surface area contributed by atoms with Crippen molar-refractivity contribution in [3.8, 4) is 0 Å². The minimum atomic E-state index is -0.0941. The molecule has 3 heterocycles. The van der Waals surface area contributed by atoms with Crippen molar-refractivity contribution in [3.63, 3.8) is 0 Å². The SMILES string of the molecule is CC1CCCC(C)N1C(C(=O)N1CCNCC1)c1cccs1. The zero-order valence-corrected chi connectivity index (χ0v) is 14.4. The molecule has 0 saturated carbocycles. The number of amides is 1. The van der Waals surface area contributed by atoms with Crippen LogP contribution in [0.4, 0.5) is 0 Å². The third-order valence-electron chi connectivity index (χ3n) is 5.04. The number of rotatable bonds is 3. The van der Waals surface area contributed by atoms with Crippen molar-refractivity contribution < 1.29 is 4.79 Å². The summed E-state index contributed by atoms with van der Waals surface area (Å²) in [6, 6.07) is 5.05. The van der Waals surface area contributed by atoms with Gasteiger partial charge in [-0.1, -0.05) is 12.5 Å². The third kappa shape index (κ3) is 3.21. The van der Waals surface area contributed by atoms with Gasteiger partial charge in [0.25, 0.3) is 0 Å². The predicted molar refractivity (Wildman–Crippen MR) is 91.1 cm³/mol. The van der Waals surface area contributed by atoms with Crippen LogP contribution in [0.25, 0.3) is 0 Å². The Bertz CT molecular complexity index is 474. The first-order valence-electron chi connectivity index (χ1n) is 8.49. The molecule has 3 unspecified atom stereocenters. The Kier molecular flexibility index (Phi) is 5.16. The van der Waals surface area contributed by atoms with Crippen LogP contribution in [0.5, 0.6) is 0 Å². The molecule has 1 aromatic rings. The van der Waals surface area contributed by atoms with Crippen LogP contribution in [-0.4, -0.2) is 54.0 Å². The summed E-state index contributed by atoms with van der Waals surface area (Å²) in [6.45, 7) is 8.04. The Labute approximate surface area is 137 Å². The lowest BCUT2D eigenvalue weighted by Gasteiger charge is -2.45. The van der Waals surface area contributed by atoms with Crippen LogP contribution in [0.2, 0.25) is 0 Å². The van der Waals surface area contributed by atoms with Crippen molar-refractivity contribution in [2.45, 2.75) is 51.2 Å². The maximum atomic E-state index is 13.3. The van der Waals surface area contributed by atoms with Gasteiger partial charge in [0, 0.05) is 43.1 Å². The second-order valence-corrected chi connectivity index (χ2v) is 7.55. The van der Waals surface area contributed by atoms with E-state index in [9.17, 15) is 4.79 Å². The molecule has 3 atom stereocenters. The monoisotopic (exact) mass is 321 g/mol. The molecule has 2 aliphatic rings. The lowest BCUT2D eigenvalue weighted by atomic mass is 9.94. The molecule has 122 valence electrons. The van der Waals surface area contributed by atoms with Gasteiger partial charge in [-0.15, -0.1) is 11.3 Å². The van der Waals surface area contributed by atoms with Crippen LogP contribution in [0, 0.1) is 0 Å². The highest BCUT2D eigenvalue weighted by Crippen LogP contribution is 2.35. The summed E-state index contributed by atoms with van der Waals surface area (Å²) in [5.41, 5.74) is 0. The number of hydrogen-bond acceptors (Lipinski definition) is 4. The van der Waals surface area contributed by atoms with Crippen LogP contribution >= 0.6 is 11.3 Å². The van der Waals surface area contributed by atoms with Gasteiger partial charge in [0.15, 0.2) is 0 Å². The number of carbonyl (C=O) groups is 1. The Hall–Kier alpha value is -0.910. The Morgan fingerprint density at radius 1 is 1.27 bits per heavy atom. The molecule has 0 aliphatic carbocycles. The van der Waals surface area contributed by atoms with Gasteiger partial charge in [0.1, 0.15) is 6.04 Å². The molecule has 2 fully saturated rings. The van der Waals surface area contributed by atoms with Gasteiger partial charge in [-0.2, -0.15) is 0 Å². The van der Waals surface area contributed by atoms with Crippen LogP contribution in [0.1, 0.15) is 44.0 Å². The fourth-order valence-corrected chi connectivity index (χ4v) is 4.67.